The first-order chi connectivity index (χ1) is 7.74. The molecule has 0 fully saturated rings. The minimum atomic E-state index is -0.154. The van der Waals surface area contributed by atoms with Gasteiger partial charge in [-0.25, -0.2) is 4.98 Å². The summed E-state index contributed by atoms with van der Waals surface area (Å²) >= 11 is 3.27. The number of rotatable bonds is 3. The van der Waals surface area contributed by atoms with Crippen LogP contribution in [0.1, 0.15) is 0 Å². The highest BCUT2D eigenvalue weighted by Crippen LogP contribution is 2.10. The van der Waals surface area contributed by atoms with Crippen molar-refractivity contribution in [3.63, 3.8) is 0 Å². The Labute approximate surface area is 101 Å². The molecule has 0 saturated heterocycles. The van der Waals surface area contributed by atoms with Gasteiger partial charge in [0.2, 0.25) is 5.91 Å². The lowest BCUT2D eigenvalue weighted by molar-refractivity contribution is -0.116. The van der Waals surface area contributed by atoms with Gasteiger partial charge in [0.05, 0.1) is 0 Å². The number of halogens is 1. The van der Waals surface area contributed by atoms with Crippen LogP contribution in [0, 0.1) is 0 Å². The van der Waals surface area contributed by atoms with Gasteiger partial charge in [0.1, 0.15) is 12.4 Å². The van der Waals surface area contributed by atoms with E-state index in [4.69, 9.17) is 0 Å². The second-order valence-electron chi connectivity index (χ2n) is 3.11. The summed E-state index contributed by atoms with van der Waals surface area (Å²) < 4.78 is 2.42. The van der Waals surface area contributed by atoms with E-state index < -0.39 is 0 Å². The molecule has 2 aromatic heterocycles. The normalized spacial score (nSPS) is 10.1. The second kappa shape index (κ2) is 4.89. The summed E-state index contributed by atoms with van der Waals surface area (Å²) in [6, 6.07) is 5.31. The van der Waals surface area contributed by atoms with Crippen molar-refractivity contribution in [3.8, 4) is 0 Å². The zero-order chi connectivity index (χ0) is 11.4. The molecule has 2 heterocycles. The predicted molar refractivity (Wildman–Crippen MR) is 62.8 cm³/mol. The monoisotopic (exact) mass is 280 g/mol. The van der Waals surface area contributed by atoms with Gasteiger partial charge in [0.25, 0.3) is 0 Å². The quantitative estimate of drug-likeness (QED) is 0.931. The van der Waals surface area contributed by atoms with E-state index in [1.807, 2.05) is 6.07 Å². The summed E-state index contributed by atoms with van der Waals surface area (Å²) in [4.78, 5) is 15.6. The number of carbonyl (C=O) groups is 1. The Balaban J connectivity index is 1.95. The van der Waals surface area contributed by atoms with Crippen LogP contribution in [0.4, 0.5) is 5.82 Å². The first kappa shape index (κ1) is 10.8. The molecule has 0 bridgehead atoms. The number of nitrogens with zero attached hydrogens (tertiary/aromatic N) is 3. The molecule has 0 aliphatic heterocycles. The zero-order valence-electron chi connectivity index (χ0n) is 8.30. The highest BCUT2D eigenvalue weighted by molar-refractivity contribution is 9.10. The average Bonchev–Trinajstić information content (AvgIpc) is 2.74. The van der Waals surface area contributed by atoms with Crippen molar-refractivity contribution in [1.29, 1.82) is 0 Å². The van der Waals surface area contributed by atoms with Crippen LogP contribution in [0.5, 0.6) is 0 Å². The topological polar surface area (TPSA) is 59.8 Å². The van der Waals surface area contributed by atoms with Crippen molar-refractivity contribution in [1.82, 2.24) is 14.8 Å². The summed E-state index contributed by atoms with van der Waals surface area (Å²) in [7, 11) is 0. The van der Waals surface area contributed by atoms with E-state index in [0.29, 0.717) is 5.82 Å². The Morgan fingerprint density at radius 1 is 1.50 bits per heavy atom. The van der Waals surface area contributed by atoms with E-state index in [2.05, 4.69) is 31.3 Å². The van der Waals surface area contributed by atoms with Crippen LogP contribution in [0.3, 0.4) is 0 Å². The Morgan fingerprint density at radius 3 is 3.00 bits per heavy atom. The number of aromatic nitrogens is 3. The standard InChI is InChI=1S/C10H9BrN4O/c11-8-2-3-9(12-6-8)14-10(16)7-15-5-1-4-13-15/h1-6H,7H2,(H,12,14,16). The van der Waals surface area contributed by atoms with Crippen LogP contribution in [0.2, 0.25) is 0 Å². The molecule has 0 aromatic carbocycles. The summed E-state index contributed by atoms with van der Waals surface area (Å²) in [5.41, 5.74) is 0. The van der Waals surface area contributed by atoms with Crippen LogP contribution in [-0.2, 0) is 11.3 Å². The number of amides is 1. The van der Waals surface area contributed by atoms with Gasteiger partial charge in [-0.05, 0) is 34.1 Å². The maximum atomic E-state index is 11.5. The number of pyridine rings is 1. The molecule has 6 heteroatoms. The van der Waals surface area contributed by atoms with Gasteiger partial charge >= 0.3 is 0 Å². The molecule has 0 spiro atoms. The molecule has 0 aliphatic rings. The molecule has 1 amide bonds. The maximum Gasteiger partial charge on any atom is 0.247 e. The Bertz CT molecular complexity index is 466. The summed E-state index contributed by atoms with van der Waals surface area (Å²) in [5, 5.41) is 6.62. The SMILES string of the molecule is O=C(Cn1cccn1)Nc1ccc(Br)cn1. The summed E-state index contributed by atoms with van der Waals surface area (Å²) in [6.07, 6.45) is 4.99. The highest BCUT2D eigenvalue weighted by Gasteiger charge is 2.03. The summed E-state index contributed by atoms with van der Waals surface area (Å²) in [6.45, 7) is 0.185. The molecule has 82 valence electrons. The Morgan fingerprint density at radius 2 is 2.38 bits per heavy atom. The number of hydrogen-bond acceptors (Lipinski definition) is 3. The van der Waals surface area contributed by atoms with Crippen molar-refractivity contribution < 1.29 is 4.79 Å². The zero-order valence-corrected chi connectivity index (χ0v) is 9.89. The van der Waals surface area contributed by atoms with Crippen molar-refractivity contribution >= 4 is 27.7 Å². The number of hydrogen-bond donors (Lipinski definition) is 1. The van der Waals surface area contributed by atoms with Crippen molar-refractivity contribution in [2.45, 2.75) is 6.54 Å². The van der Waals surface area contributed by atoms with Gasteiger partial charge in [-0.2, -0.15) is 5.10 Å². The lowest BCUT2D eigenvalue weighted by Gasteiger charge is -2.04. The molecule has 0 radical (unpaired) electrons. The first-order valence-corrected chi connectivity index (χ1v) is 5.42. The number of anilines is 1. The molecule has 1 N–H and O–H groups in total. The van der Waals surface area contributed by atoms with Crippen molar-refractivity contribution in [2.75, 3.05) is 5.32 Å². The first-order valence-electron chi connectivity index (χ1n) is 4.63. The van der Waals surface area contributed by atoms with Crippen LogP contribution in [0.15, 0.2) is 41.3 Å². The lowest BCUT2D eigenvalue weighted by Crippen LogP contribution is -2.19. The van der Waals surface area contributed by atoms with E-state index in [0.717, 1.165) is 4.47 Å². The van der Waals surface area contributed by atoms with Crippen molar-refractivity contribution in [3.05, 3.63) is 41.3 Å². The molecule has 0 atom stereocenters. The highest BCUT2D eigenvalue weighted by atomic mass is 79.9. The fraction of sp³-hybridized carbons (Fsp3) is 0.100. The third-order valence-corrected chi connectivity index (χ3v) is 2.33. The molecule has 16 heavy (non-hydrogen) atoms. The molecule has 2 rings (SSSR count). The second-order valence-corrected chi connectivity index (χ2v) is 4.03. The molecular formula is C10H9BrN4O. The molecule has 0 aliphatic carbocycles. The van der Waals surface area contributed by atoms with E-state index >= 15 is 0 Å². The molecule has 5 nitrogen and oxygen atoms in total. The van der Waals surface area contributed by atoms with Gasteiger partial charge < -0.3 is 5.32 Å². The minimum Gasteiger partial charge on any atom is -0.309 e. The van der Waals surface area contributed by atoms with Gasteiger partial charge in [0.15, 0.2) is 0 Å². The van der Waals surface area contributed by atoms with E-state index in [9.17, 15) is 4.79 Å². The third kappa shape index (κ3) is 2.90. The van der Waals surface area contributed by atoms with E-state index in [-0.39, 0.29) is 12.5 Å². The molecule has 0 saturated carbocycles. The molecule has 0 unspecified atom stereocenters. The van der Waals surface area contributed by atoms with Gasteiger partial charge in [-0.1, -0.05) is 0 Å². The van der Waals surface area contributed by atoms with Gasteiger partial charge in [0, 0.05) is 23.1 Å². The Kier molecular flexibility index (Phi) is 3.31. The van der Waals surface area contributed by atoms with E-state index in [1.165, 1.54) is 0 Å². The largest absolute Gasteiger partial charge is 0.309 e. The van der Waals surface area contributed by atoms with Crippen molar-refractivity contribution in [2.24, 2.45) is 0 Å². The van der Waals surface area contributed by atoms with Crippen LogP contribution < -0.4 is 5.32 Å². The fourth-order valence-electron chi connectivity index (χ4n) is 1.17. The van der Waals surface area contributed by atoms with E-state index in [1.54, 1.807) is 35.4 Å². The van der Waals surface area contributed by atoms with Gasteiger partial charge in [-0.3, -0.25) is 9.48 Å². The predicted octanol–water partition coefficient (Wildman–Crippen LogP) is 1.68. The van der Waals surface area contributed by atoms with Crippen LogP contribution >= 0.6 is 15.9 Å². The minimum absolute atomic E-state index is 0.154. The van der Waals surface area contributed by atoms with Crippen LogP contribution in [0.25, 0.3) is 0 Å². The molecule has 2 aromatic rings. The molecular weight excluding hydrogens is 272 g/mol. The summed E-state index contributed by atoms with van der Waals surface area (Å²) in [5.74, 6) is 0.374. The smallest absolute Gasteiger partial charge is 0.247 e. The third-order valence-electron chi connectivity index (χ3n) is 1.86. The average molecular weight is 281 g/mol. The lowest BCUT2D eigenvalue weighted by atomic mass is 10.4. The van der Waals surface area contributed by atoms with Gasteiger partial charge in [-0.15, -0.1) is 0 Å². The maximum absolute atomic E-state index is 11.5. The fourth-order valence-corrected chi connectivity index (χ4v) is 1.41. The van der Waals surface area contributed by atoms with Crippen LogP contribution in [-0.4, -0.2) is 20.7 Å². The number of nitrogens with one attached hydrogen (secondary N) is 1. The number of carbonyl (C=O) groups excluding carboxylic acids is 1. The Hall–Kier alpha value is -1.69.